The van der Waals surface area contributed by atoms with Crippen LogP contribution in [0, 0.1) is 5.92 Å². The van der Waals surface area contributed by atoms with Crippen molar-refractivity contribution in [3.05, 3.63) is 71.1 Å². The van der Waals surface area contributed by atoms with Crippen molar-refractivity contribution in [1.29, 1.82) is 0 Å². The fourth-order valence-corrected chi connectivity index (χ4v) is 4.97. The van der Waals surface area contributed by atoms with E-state index in [4.69, 9.17) is 25.5 Å². The first kappa shape index (κ1) is 22.8. The van der Waals surface area contributed by atoms with Gasteiger partial charge in [-0.25, -0.2) is 0 Å². The maximum absolute atomic E-state index is 13.0. The Kier molecular flexibility index (Phi) is 6.79. The largest absolute Gasteiger partial charge is 0.489 e. The molecule has 1 fully saturated rings. The summed E-state index contributed by atoms with van der Waals surface area (Å²) in [5.41, 5.74) is 3.43. The maximum atomic E-state index is 13.0. The Labute approximate surface area is 205 Å². The molecule has 0 radical (unpaired) electrons. The molecule has 3 heterocycles. The van der Waals surface area contributed by atoms with Crippen LogP contribution in [0.2, 0.25) is 5.02 Å². The molecule has 1 saturated heterocycles. The number of benzene rings is 2. The van der Waals surface area contributed by atoms with E-state index in [0.29, 0.717) is 42.8 Å². The molecule has 0 aliphatic carbocycles. The molecule has 1 atom stereocenters. The van der Waals surface area contributed by atoms with Gasteiger partial charge in [-0.1, -0.05) is 23.7 Å². The van der Waals surface area contributed by atoms with E-state index < -0.39 is 0 Å². The molecule has 0 N–H and O–H groups in total. The normalized spacial score (nSPS) is 18.6. The highest BCUT2D eigenvalue weighted by Crippen LogP contribution is 2.39. The number of carbonyl (C=O) groups excluding carboxylic acids is 1. The number of amides is 1. The average molecular weight is 481 g/mol. The van der Waals surface area contributed by atoms with Gasteiger partial charge in [0.2, 0.25) is 0 Å². The van der Waals surface area contributed by atoms with Crippen LogP contribution in [-0.2, 0) is 6.54 Å². The molecule has 34 heavy (non-hydrogen) atoms. The van der Waals surface area contributed by atoms with Crippen LogP contribution >= 0.6 is 11.6 Å². The van der Waals surface area contributed by atoms with Gasteiger partial charge in [-0.05, 0) is 67.9 Å². The third-order valence-corrected chi connectivity index (χ3v) is 6.75. The maximum Gasteiger partial charge on any atom is 0.257 e. The molecule has 0 saturated carbocycles. The fraction of sp³-hybridized carbons (Fsp3) is 0.370. The Balaban J connectivity index is 1.47. The van der Waals surface area contributed by atoms with Gasteiger partial charge in [0.05, 0.1) is 25.0 Å². The lowest BCUT2D eigenvalue weighted by molar-refractivity contribution is 0.0732. The molecule has 178 valence electrons. The van der Waals surface area contributed by atoms with Gasteiger partial charge in [0.15, 0.2) is 11.5 Å². The number of furan rings is 1. The molecule has 2 aliphatic rings. The summed E-state index contributed by atoms with van der Waals surface area (Å²) in [6.07, 6.45) is 5.34. The van der Waals surface area contributed by atoms with Gasteiger partial charge >= 0.3 is 0 Å². The molecule has 2 aliphatic heterocycles. The topological polar surface area (TPSA) is 55.2 Å². The minimum Gasteiger partial charge on any atom is -0.489 e. The predicted molar refractivity (Wildman–Crippen MR) is 132 cm³/mol. The van der Waals surface area contributed by atoms with Crippen molar-refractivity contribution in [2.75, 3.05) is 39.9 Å². The molecular formula is C27H29ClN2O4. The van der Waals surface area contributed by atoms with Gasteiger partial charge < -0.3 is 23.7 Å². The zero-order chi connectivity index (χ0) is 23.5. The molecule has 1 amide bonds. The number of hydrogen-bond acceptors (Lipinski definition) is 5. The average Bonchev–Trinajstić information content (AvgIpc) is 3.29. The van der Waals surface area contributed by atoms with Gasteiger partial charge in [-0.2, -0.15) is 0 Å². The van der Waals surface area contributed by atoms with Crippen molar-refractivity contribution in [2.24, 2.45) is 5.92 Å². The quantitative estimate of drug-likeness (QED) is 0.492. The van der Waals surface area contributed by atoms with Crippen LogP contribution in [0.3, 0.4) is 0 Å². The van der Waals surface area contributed by atoms with E-state index in [-0.39, 0.29) is 5.91 Å². The number of carbonyl (C=O) groups is 1. The van der Waals surface area contributed by atoms with Crippen LogP contribution in [0.5, 0.6) is 11.5 Å². The van der Waals surface area contributed by atoms with E-state index in [9.17, 15) is 4.79 Å². The molecule has 0 bridgehead atoms. The summed E-state index contributed by atoms with van der Waals surface area (Å²) in [7, 11) is 2.16. The van der Waals surface area contributed by atoms with Crippen molar-refractivity contribution >= 4 is 17.5 Å². The van der Waals surface area contributed by atoms with E-state index >= 15 is 0 Å². The Morgan fingerprint density at radius 2 is 2.09 bits per heavy atom. The minimum absolute atomic E-state index is 0.0777. The number of rotatable bonds is 5. The van der Waals surface area contributed by atoms with E-state index in [0.717, 1.165) is 47.7 Å². The van der Waals surface area contributed by atoms with Gasteiger partial charge in [-0.15, -0.1) is 0 Å². The molecule has 7 heteroatoms. The Hall–Kier alpha value is -2.96. The van der Waals surface area contributed by atoms with E-state index in [1.165, 1.54) is 18.9 Å². The van der Waals surface area contributed by atoms with Crippen LogP contribution in [0.4, 0.5) is 0 Å². The lowest BCUT2D eigenvalue weighted by atomic mass is 9.99. The van der Waals surface area contributed by atoms with Crippen LogP contribution in [0.15, 0.2) is 59.4 Å². The smallest absolute Gasteiger partial charge is 0.257 e. The standard InChI is InChI=1S/C27H29ClN2O4/c1-29-8-3-4-19(15-29)17-34-25-14-22(20-5-2-6-24(28)13-20)12-23-16-30(9-11-33-26(23)25)27(31)21-7-10-32-18-21/h2,5-7,10,12-14,18-19H,3-4,8-9,11,15-17H2,1H3/t19-/m0/s1. The molecule has 6 nitrogen and oxygen atoms in total. The number of piperidine rings is 1. The summed E-state index contributed by atoms with van der Waals surface area (Å²) < 4.78 is 17.7. The lowest BCUT2D eigenvalue weighted by Crippen LogP contribution is -2.34. The first-order valence-electron chi connectivity index (χ1n) is 11.8. The third-order valence-electron chi connectivity index (χ3n) is 6.51. The first-order chi connectivity index (χ1) is 16.6. The Morgan fingerprint density at radius 1 is 1.18 bits per heavy atom. The molecule has 3 aromatic rings. The summed E-state index contributed by atoms with van der Waals surface area (Å²) in [5.74, 6) is 1.84. The minimum atomic E-state index is -0.0777. The SMILES string of the molecule is CN1CCC[C@H](COc2cc(-c3cccc(Cl)c3)cc3c2OCCN(C(=O)c2ccoc2)C3)C1. The highest BCUT2D eigenvalue weighted by atomic mass is 35.5. The number of ether oxygens (including phenoxy) is 2. The summed E-state index contributed by atoms with van der Waals surface area (Å²) in [6.45, 7) is 4.12. The van der Waals surface area contributed by atoms with Crippen molar-refractivity contribution in [3.63, 3.8) is 0 Å². The predicted octanol–water partition coefficient (Wildman–Crippen LogP) is 5.36. The van der Waals surface area contributed by atoms with Crippen molar-refractivity contribution in [2.45, 2.75) is 19.4 Å². The van der Waals surface area contributed by atoms with Gasteiger partial charge in [0.25, 0.3) is 5.91 Å². The number of fused-ring (bicyclic) bond motifs is 1. The number of likely N-dealkylation sites (tertiary alicyclic amines) is 1. The first-order valence-corrected chi connectivity index (χ1v) is 12.1. The monoisotopic (exact) mass is 480 g/mol. The lowest BCUT2D eigenvalue weighted by Gasteiger charge is -2.29. The zero-order valence-electron chi connectivity index (χ0n) is 19.3. The summed E-state index contributed by atoms with van der Waals surface area (Å²) >= 11 is 6.28. The van der Waals surface area contributed by atoms with E-state index in [1.54, 1.807) is 11.0 Å². The van der Waals surface area contributed by atoms with Crippen LogP contribution < -0.4 is 9.47 Å². The number of hydrogen-bond donors (Lipinski definition) is 0. The second-order valence-electron chi connectivity index (χ2n) is 9.14. The second-order valence-corrected chi connectivity index (χ2v) is 9.58. The van der Waals surface area contributed by atoms with Crippen molar-refractivity contribution in [3.8, 4) is 22.6 Å². The summed E-state index contributed by atoms with van der Waals surface area (Å²) in [4.78, 5) is 17.2. The van der Waals surface area contributed by atoms with E-state index in [1.807, 2.05) is 30.3 Å². The molecule has 1 aromatic heterocycles. The van der Waals surface area contributed by atoms with E-state index in [2.05, 4.69) is 18.0 Å². The van der Waals surface area contributed by atoms with Crippen LogP contribution in [0.25, 0.3) is 11.1 Å². The second kappa shape index (κ2) is 10.1. The van der Waals surface area contributed by atoms with Crippen LogP contribution in [-0.4, -0.2) is 55.6 Å². The van der Waals surface area contributed by atoms with Crippen LogP contribution in [0.1, 0.15) is 28.8 Å². The molecule has 2 aromatic carbocycles. The number of halogens is 1. The molecule has 0 spiro atoms. The third kappa shape index (κ3) is 5.08. The highest BCUT2D eigenvalue weighted by molar-refractivity contribution is 6.30. The zero-order valence-corrected chi connectivity index (χ0v) is 20.1. The van der Waals surface area contributed by atoms with Gasteiger partial charge in [0, 0.05) is 29.6 Å². The fourth-order valence-electron chi connectivity index (χ4n) is 4.78. The van der Waals surface area contributed by atoms with Gasteiger partial charge in [-0.3, -0.25) is 4.79 Å². The molecule has 5 rings (SSSR count). The Morgan fingerprint density at radius 3 is 2.88 bits per heavy atom. The summed E-state index contributed by atoms with van der Waals surface area (Å²) in [5, 5.41) is 0.674. The number of nitrogens with zero attached hydrogens (tertiary/aromatic N) is 2. The molecular weight excluding hydrogens is 452 g/mol. The highest BCUT2D eigenvalue weighted by Gasteiger charge is 2.26. The molecule has 0 unspecified atom stereocenters. The van der Waals surface area contributed by atoms with Gasteiger partial charge in [0.1, 0.15) is 12.9 Å². The Bertz CT molecular complexity index is 1150. The summed E-state index contributed by atoms with van der Waals surface area (Å²) in [6, 6.07) is 13.6. The van der Waals surface area contributed by atoms with Crippen molar-refractivity contribution in [1.82, 2.24) is 9.80 Å². The van der Waals surface area contributed by atoms with Crippen molar-refractivity contribution < 1.29 is 18.7 Å².